The van der Waals surface area contributed by atoms with Gasteiger partial charge in [-0.1, -0.05) is 37.1 Å². The molecule has 0 aliphatic carbocycles. The number of hydrogen-bond donors (Lipinski definition) is 0. The highest BCUT2D eigenvalue weighted by Crippen LogP contribution is 2.28. The lowest BCUT2D eigenvalue weighted by Crippen LogP contribution is -2.44. The first-order valence-corrected chi connectivity index (χ1v) is 9.78. The number of ether oxygens (including phenoxy) is 1. The topological polar surface area (TPSA) is 63.7 Å². The van der Waals surface area contributed by atoms with Crippen molar-refractivity contribution in [1.82, 2.24) is 4.31 Å². The zero-order valence-corrected chi connectivity index (χ0v) is 15.3. The third-order valence-corrected chi connectivity index (χ3v) is 6.07. The molecule has 1 aromatic rings. The normalized spacial score (nSPS) is 19.0. The predicted octanol–water partition coefficient (Wildman–Crippen LogP) is 3.05. The Balaban J connectivity index is 2.34. The van der Waals surface area contributed by atoms with Crippen LogP contribution in [0.1, 0.15) is 38.7 Å². The zero-order valence-electron chi connectivity index (χ0n) is 14.5. The minimum absolute atomic E-state index is 0.0692. The molecule has 0 N–H and O–H groups in total. The molecule has 1 heterocycles. The van der Waals surface area contributed by atoms with E-state index in [4.69, 9.17) is 4.74 Å². The van der Waals surface area contributed by atoms with Gasteiger partial charge in [0.15, 0.2) is 0 Å². The van der Waals surface area contributed by atoms with Gasteiger partial charge in [-0.25, -0.2) is 13.2 Å². The number of aryl methyl sites for hydroxylation is 1. The molecule has 0 amide bonds. The Morgan fingerprint density at radius 2 is 1.92 bits per heavy atom. The molecule has 0 saturated heterocycles. The number of nitrogens with zero attached hydrogens (tertiary/aromatic N) is 1. The molecule has 0 radical (unpaired) electrons. The summed E-state index contributed by atoms with van der Waals surface area (Å²) in [5.74, 6) is -0.434. The number of benzene rings is 1. The fourth-order valence-corrected chi connectivity index (χ4v) is 4.49. The van der Waals surface area contributed by atoms with E-state index >= 15 is 0 Å². The Kier molecular flexibility index (Phi) is 6.18. The molecule has 6 heteroatoms. The molecule has 0 unspecified atom stereocenters. The Labute approximate surface area is 144 Å². The van der Waals surface area contributed by atoms with Crippen LogP contribution in [0, 0.1) is 6.92 Å². The van der Waals surface area contributed by atoms with Crippen LogP contribution in [-0.2, 0) is 19.6 Å². The van der Waals surface area contributed by atoms with Crippen LogP contribution < -0.4 is 0 Å². The molecule has 0 aromatic heterocycles. The summed E-state index contributed by atoms with van der Waals surface area (Å²) in [6.07, 6.45) is 4.00. The van der Waals surface area contributed by atoms with Crippen LogP contribution in [0.5, 0.6) is 0 Å². The smallest absolute Gasteiger partial charge is 0.335 e. The molecule has 0 saturated carbocycles. The van der Waals surface area contributed by atoms with Gasteiger partial charge in [0.05, 0.1) is 11.5 Å². The lowest BCUT2D eigenvalue weighted by Gasteiger charge is -2.34. The molecule has 132 valence electrons. The lowest BCUT2D eigenvalue weighted by molar-refractivity contribution is -0.138. The van der Waals surface area contributed by atoms with Crippen molar-refractivity contribution < 1.29 is 17.9 Å². The molecule has 1 atom stereocenters. The van der Waals surface area contributed by atoms with E-state index < -0.39 is 16.0 Å². The van der Waals surface area contributed by atoms with Gasteiger partial charge in [-0.2, -0.15) is 4.31 Å². The van der Waals surface area contributed by atoms with Crippen molar-refractivity contribution in [3.63, 3.8) is 0 Å². The summed E-state index contributed by atoms with van der Waals surface area (Å²) >= 11 is 0. The molecular formula is C18H25NO4S. The molecule has 0 bridgehead atoms. The summed E-state index contributed by atoms with van der Waals surface area (Å²) in [5.41, 5.74) is 1.42. The fourth-order valence-electron chi connectivity index (χ4n) is 2.85. The van der Waals surface area contributed by atoms with Crippen LogP contribution in [-0.4, -0.2) is 37.9 Å². The molecular weight excluding hydrogens is 326 g/mol. The summed E-state index contributed by atoms with van der Waals surface area (Å²) in [6, 6.07) is 6.69. The van der Waals surface area contributed by atoms with Gasteiger partial charge < -0.3 is 4.74 Å². The first-order chi connectivity index (χ1) is 11.4. The van der Waals surface area contributed by atoms with E-state index in [1.54, 1.807) is 31.2 Å². The van der Waals surface area contributed by atoms with Gasteiger partial charge >= 0.3 is 5.97 Å². The number of hydrogen-bond acceptors (Lipinski definition) is 4. The van der Waals surface area contributed by atoms with Crippen LogP contribution in [0.25, 0.3) is 0 Å². The van der Waals surface area contributed by atoms with Crippen LogP contribution in [0.3, 0.4) is 0 Å². The Hall–Kier alpha value is -1.66. The monoisotopic (exact) mass is 351 g/mol. The van der Waals surface area contributed by atoms with Crippen LogP contribution in [0.4, 0.5) is 0 Å². The van der Waals surface area contributed by atoms with Crippen molar-refractivity contribution in [1.29, 1.82) is 0 Å². The first-order valence-electron chi connectivity index (χ1n) is 8.34. The third kappa shape index (κ3) is 4.05. The van der Waals surface area contributed by atoms with Crippen molar-refractivity contribution in [2.24, 2.45) is 0 Å². The maximum Gasteiger partial charge on any atom is 0.335 e. The van der Waals surface area contributed by atoms with E-state index in [1.165, 1.54) is 4.31 Å². The minimum atomic E-state index is -3.65. The van der Waals surface area contributed by atoms with Gasteiger partial charge in [0.25, 0.3) is 0 Å². The molecule has 1 aromatic carbocycles. The van der Waals surface area contributed by atoms with Crippen molar-refractivity contribution in [3.8, 4) is 0 Å². The summed E-state index contributed by atoms with van der Waals surface area (Å²) in [4.78, 5) is 12.3. The number of esters is 1. The van der Waals surface area contributed by atoms with Gasteiger partial charge in [-0.3, -0.25) is 0 Å². The SMILES string of the molecule is CCC[C@@H]1CC=C(C(=O)OCC)CN1S(=O)(=O)c1ccc(C)cc1. The quantitative estimate of drug-likeness (QED) is 0.739. The zero-order chi connectivity index (χ0) is 17.7. The number of carbonyl (C=O) groups excluding carboxylic acids is 1. The molecule has 1 aliphatic heterocycles. The van der Waals surface area contributed by atoms with E-state index in [1.807, 2.05) is 19.9 Å². The molecule has 5 nitrogen and oxygen atoms in total. The molecule has 0 fully saturated rings. The number of carbonyl (C=O) groups is 1. The van der Waals surface area contributed by atoms with Gasteiger partial charge in [-0.15, -0.1) is 0 Å². The average Bonchev–Trinajstić information content (AvgIpc) is 2.56. The third-order valence-electron chi connectivity index (χ3n) is 4.16. The minimum Gasteiger partial charge on any atom is -0.463 e. The Morgan fingerprint density at radius 1 is 1.25 bits per heavy atom. The lowest BCUT2D eigenvalue weighted by atomic mass is 10.0. The van der Waals surface area contributed by atoms with E-state index in [-0.39, 0.29) is 24.1 Å². The maximum atomic E-state index is 13.1. The van der Waals surface area contributed by atoms with Crippen LogP contribution >= 0.6 is 0 Å². The highest BCUT2D eigenvalue weighted by atomic mass is 32.2. The van der Waals surface area contributed by atoms with Gasteiger partial charge in [0, 0.05) is 18.2 Å². The molecule has 1 aliphatic rings. The van der Waals surface area contributed by atoms with Crippen molar-refractivity contribution in [2.45, 2.75) is 51.0 Å². The highest BCUT2D eigenvalue weighted by molar-refractivity contribution is 7.89. The summed E-state index contributed by atoms with van der Waals surface area (Å²) in [6.45, 7) is 6.03. The second kappa shape index (κ2) is 7.94. The number of sulfonamides is 1. The predicted molar refractivity (Wildman–Crippen MR) is 93.1 cm³/mol. The van der Waals surface area contributed by atoms with Gasteiger partial charge in [0.2, 0.25) is 10.0 Å². The first kappa shape index (κ1) is 18.7. The van der Waals surface area contributed by atoms with E-state index in [0.29, 0.717) is 12.0 Å². The molecule has 2 rings (SSSR count). The van der Waals surface area contributed by atoms with Crippen molar-refractivity contribution in [2.75, 3.05) is 13.2 Å². The number of rotatable bonds is 6. The van der Waals surface area contributed by atoms with E-state index in [0.717, 1.165) is 18.4 Å². The van der Waals surface area contributed by atoms with Crippen LogP contribution in [0.2, 0.25) is 0 Å². The second-order valence-corrected chi connectivity index (χ2v) is 7.88. The van der Waals surface area contributed by atoms with E-state index in [9.17, 15) is 13.2 Å². The fraction of sp³-hybridized carbons (Fsp3) is 0.500. The summed E-state index contributed by atoms with van der Waals surface area (Å²) in [7, 11) is -3.65. The van der Waals surface area contributed by atoms with Crippen molar-refractivity contribution in [3.05, 3.63) is 41.5 Å². The molecule has 0 spiro atoms. The summed E-state index contributed by atoms with van der Waals surface area (Å²) in [5, 5.41) is 0. The Morgan fingerprint density at radius 3 is 2.50 bits per heavy atom. The standard InChI is InChI=1S/C18H25NO4S/c1-4-6-16-10-9-15(18(20)23-5-2)13-19(16)24(21,22)17-11-7-14(3)8-12-17/h7-9,11-12,16H,4-6,10,13H2,1-3H3/t16-/m1/s1. The Bertz CT molecular complexity index is 707. The van der Waals surface area contributed by atoms with E-state index in [2.05, 4.69) is 0 Å². The van der Waals surface area contributed by atoms with Gasteiger partial charge in [0.1, 0.15) is 0 Å². The van der Waals surface area contributed by atoms with Crippen molar-refractivity contribution >= 4 is 16.0 Å². The van der Waals surface area contributed by atoms with Crippen LogP contribution in [0.15, 0.2) is 40.8 Å². The highest BCUT2D eigenvalue weighted by Gasteiger charge is 2.35. The largest absolute Gasteiger partial charge is 0.463 e. The second-order valence-electron chi connectivity index (χ2n) is 5.99. The molecule has 24 heavy (non-hydrogen) atoms. The summed E-state index contributed by atoms with van der Waals surface area (Å²) < 4.78 is 32.6. The van der Waals surface area contributed by atoms with Gasteiger partial charge in [-0.05, 0) is 38.8 Å². The maximum absolute atomic E-state index is 13.1. The average molecular weight is 351 g/mol.